The molecule has 0 aromatic carbocycles. The van der Waals surface area contributed by atoms with Crippen LogP contribution in [-0.4, -0.2) is 28.3 Å². The van der Waals surface area contributed by atoms with Gasteiger partial charge in [0.1, 0.15) is 0 Å². The Morgan fingerprint density at radius 3 is 1.00 bits per heavy atom. The molecule has 0 nitrogen and oxygen atoms in total. The van der Waals surface area contributed by atoms with Gasteiger partial charge in [0.25, 0.3) is 28.3 Å². The minimum atomic E-state index is -0.234. The highest BCUT2D eigenvalue weighted by atomic mass is 27.2. The predicted octanol–water partition coefficient (Wildman–Crippen LogP) is 5.08. The summed E-state index contributed by atoms with van der Waals surface area (Å²) in [6.07, 6.45) is 4.28. The number of rotatable bonds is 6. The summed E-state index contributed by atoms with van der Waals surface area (Å²) in [5.74, 6) is 6.92. The van der Waals surface area contributed by atoms with Crippen molar-refractivity contribution in [2.45, 2.75) is 73.2 Å². The van der Waals surface area contributed by atoms with Gasteiger partial charge in [0.2, 0.25) is 0 Å². The maximum atomic E-state index is 2.32. The third-order valence-electron chi connectivity index (χ3n) is 2.09. The zero-order valence-corrected chi connectivity index (χ0v) is 13.7. The molecule has 0 radical (unpaired) electrons. The summed E-state index contributed by atoms with van der Waals surface area (Å²) in [5, 5.41) is 4.76. The summed E-state index contributed by atoms with van der Waals surface area (Å²) in [4.78, 5) is 0. The monoisotopic (exact) mass is 228 g/mol. The maximum absolute atomic E-state index is 2.32. The van der Waals surface area contributed by atoms with Crippen LogP contribution in [0.2, 0.25) is 33.2 Å². The van der Waals surface area contributed by atoms with Crippen LogP contribution in [0, 0.1) is 0 Å². The third kappa shape index (κ3) is 18.8. The minimum absolute atomic E-state index is 0.139. The second-order valence-corrected chi connectivity index (χ2v) is 11.9. The van der Waals surface area contributed by atoms with Crippen LogP contribution in [0.15, 0.2) is 0 Å². The van der Waals surface area contributed by atoms with Gasteiger partial charge in [-0.05, 0) is 0 Å². The van der Waals surface area contributed by atoms with Gasteiger partial charge in [-0.2, -0.15) is 0 Å². The first-order valence-corrected chi connectivity index (χ1v) is 12.5. The number of hydrogen-bond acceptors (Lipinski definition) is 0. The van der Waals surface area contributed by atoms with Crippen LogP contribution in [-0.2, 0) is 0 Å². The minimum Gasteiger partial charge on any atom is -0.106 e. The predicted molar refractivity (Wildman–Crippen MR) is 74.4 cm³/mol. The van der Waals surface area contributed by atoms with E-state index in [0.717, 1.165) is 0 Å². The van der Waals surface area contributed by atoms with Crippen LogP contribution in [0.1, 0.15) is 40.0 Å². The highest BCUT2D eigenvalue weighted by Crippen LogP contribution is 2.11. The van der Waals surface area contributed by atoms with Crippen LogP contribution in [0.5, 0.6) is 0 Å². The molecular weight excluding hydrogens is 198 g/mol. The maximum Gasteiger partial charge on any atom is 0.261 e. The topological polar surface area (TPSA) is 0 Å². The largest absolute Gasteiger partial charge is 0.261 e. The first kappa shape index (κ1) is 17.5. The first-order chi connectivity index (χ1) is 6.58. The average molecular weight is 228 g/mol. The van der Waals surface area contributed by atoms with Crippen LogP contribution in [0.3, 0.4) is 0 Å². The Bertz CT molecular complexity index is 75.3. The van der Waals surface area contributed by atoms with E-state index >= 15 is 0 Å². The smallest absolute Gasteiger partial charge is 0.106 e. The zero-order chi connectivity index (χ0) is 11.4. The Morgan fingerprint density at radius 2 is 0.857 bits per heavy atom. The van der Waals surface area contributed by atoms with E-state index in [4.69, 9.17) is 0 Å². The molecule has 0 bridgehead atoms. The summed E-state index contributed by atoms with van der Waals surface area (Å²) < 4.78 is 0. The molecule has 0 fully saturated rings. The second-order valence-electron chi connectivity index (χ2n) is 4.96. The van der Waals surface area contributed by atoms with Crippen molar-refractivity contribution in [3.05, 3.63) is 0 Å². The van der Waals surface area contributed by atoms with Crippen LogP contribution >= 0.6 is 0 Å². The molecule has 0 unspecified atom stereocenters. The van der Waals surface area contributed by atoms with Gasteiger partial charge in [0.05, 0.1) is 0 Å². The lowest BCUT2D eigenvalue weighted by Gasteiger charge is -2.06. The molecular formula is C12H30Al2. The van der Waals surface area contributed by atoms with E-state index < -0.39 is 0 Å². The van der Waals surface area contributed by atoms with Gasteiger partial charge in [0.15, 0.2) is 0 Å². The lowest BCUT2D eigenvalue weighted by Crippen LogP contribution is -2.09. The van der Waals surface area contributed by atoms with Gasteiger partial charge in [0, 0.05) is 0 Å². The van der Waals surface area contributed by atoms with Gasteiger partial charge < -0.3 is 0 Å². The lowest BCUT2D eigenvalue weighted by molar-refractivity contribution is 0.957. The second kappa shape index (κ2) is 14.1. The van der Waals surface area contributed by atoms with Crippen LogP contribution in [0.4, 0.5) is 0 Å². The highest BCUT2D eigenvalue weighted by molar-refractivity contribution is 6.58. The van der Waals surface area contributed by atoms with Gasteiger partial charge in [-0.3, -0.25) is 0 Å². The summed E-state index contributed by atoms with van der Waals surface area (Å²) in [6.45, 7) is 6.97. The van der Waals surface area contributed by atoms with Crippen molar-refractivity contribution in [3.63, 3.8) is 0 Å². The fourth-order valence-electron chi connectivity index (χ4n) is 1.66. The van der Waals surface area contributed by atoms with E-state index in [1.807, 2.05) is 0 Å². The van der Waals surface area contributed by atoms with E-state index in [0.29, 0.717) is 0 Å². The molecule has 0 heterocycles. The fourth-order valence-corrected chi connectivity index (χ4v) is 4.97. The van der Waals surface area contributed by atoms with E-state index in [1.165, 1.54) is 19.3 Å². The molecule has 0 spiro atoms. The molecule has 0 aromatic heterocycles. The summed E-state index contributed by atoms with van der Waals surface area (Å²) in [6, 6.07) is 0. The SMILES string of the molecule is CC[CH2][Al]([CH2]CC)[CH2]CC.[CH3][Al]([CH3])[CH3]. The van der Waals surface area contributed by atoms with Crippen molar-refractivity contribution in [2.75, 3.05) is 0 Å². The molecule has 2 heteroatoms. The fraction of sp³-hybridized carbons (Fsp3) is 1.00. The molecule has 0 aliphatic heterocycles. The van der Waals surface area contributed by atoms with Crippen molar-refractivity contribution in [2.24, 2.45) is 0 Å². The molecule has 0 aliphatic rings. The van der Waals surface area contributed by atoms with E-state index in [1.54, 1.807) is 15.8 Å². The Kier molecular flexibility index (Phi) is 17.5. The Hall–Kier alpha value is 1.06. The molecule has 14 heavy (non-hydrogen) atoms. The van der Waals surface area contributed by atoms with Gasteiger partial charge >= 0.3 is 0 Å². The molecule has 0 atom stereocenters. The highest BCUT2D eigenvalue weighted by Gasteiger charge is 2.11. The molecule has 0 rings (SSSR count). The average Bonchev–Trinajstić information content (AvgIpc) is 2.04. The molecule has 84 valence electrons. The summed E-state index contributed by atoms with van der Waals surface area (Å²) in [7, 11) is 0. The normalized spacial score (nSPS) is 9.00. The van der Waals surface area contributed by atoms with Crippen molar-refractivity contribution in [3.8, 4) is 0 Å². The van der Waals surface area contributed by atoms with Crippen molar-refractivity contribution in [1.82, 2.24) is 0 Å². The van der Waals surface area contributed by atoms with Crippen molar-refractivity contribution in [1.29, 1.82) is 0 Å². The Morgan fingerprint density at radius 1 is 0.643 bits per heavy atom. The summed E-state index contributed by atoms with van der Waals surface area (Å²) >= 11 is -0.373. The first-order valence-electron chi connectivity index (χ1n) is 6.58. The van der Waals surface area contributed by atoms with Gasteiger partial charge in [-0.1, -0.05) is 55.9 Å². The van der Waals surface area contributed by atoms with E-state index in [-0.39, 0.29) is 28.3 Å². The zero-order valence-electron chi connectivity index (χ0n) is 11.4. The van der Waals surface area contributed by atoms with Crippen LogP contribution < -0.4 is 0 Å². The third-order valence-corrected chi connectivity index (χ3v) is 6.27. The van der Waals surface area contributed by atoms with Crippen molar-refractivity contribution >= 4 is 28.3 Å². The van der Waals surface area contributed by atoms with Crippen molar-refractivity contribution < 1.29 is 0 Å². The standard InChI is InChI=1S/3C3H7.3CH3.2Al/c3*1-3-2;;;;;/h3*1,3H2,2H3;3*1H3;;. The lowest BCUT2D eigenvalue weighted by atomic mass is 10.5. The molecule has 0 N–H and O–H groups in total. The quantitative estimate of drug-likeness (QED) is 0.556. The van der Waals surface area contributed by atoms with Crippen LogP contribution in [0.25, 0.3) is 0 Å². The van der Waals surface area contributed by atoms with Gasteiger partial charge in [-0.15, -0.1) is 17.4 Å². The Balaban J connectivity index is 0. The molecule has 0 aromatic rings. The number of hydrogen-bond donors (Lipinski definition) is 0. The van der Waals surface area contributed by atoms with E-state index in [9.17, 15) is 0 Å². The summed E-state index contributed by atoms with van der Waals surface area (Å²) in [5.41, 5.74) is 0. The van der Waals surface area contributed by atoms with Gasteiger partial charge in [-0.25, -0.2) is 0 Å². The molecule has 0 saturated heterocycles. The Labute approximate surface area is 101 Å². The molecule has 0 amide bonds. The van der Waals surface area contributed by atoms with E-state index in [2.05, 4.69) is 38.1 Å². The molecule has 0 saturated carbocycles. The molecule has 0 aliphatic carbocycles.